The fourth-order valence-electron chi connectivity index (χ4n) is 4.29. The maximum atomic E-state index is 11.1. The van der Waals surface area contributed by atoms with Crippen molar-refractivity contribution in [2.45, 2.75) is 69.5 Å². The minimum absolute atomic E-state index is 0.166. The van der Waals surface area contributed by atoms with Crippen LogP contribution in [0.3, 0.4) is 0 Å². The van der Waals surface area contributed by atoms with Crippen LogP contribution in [0.15, 0.2) is 0 Å². The van der Waals surface area contributed by atoms with Gasteiger partial charge in [-0.1, -0.05) is 6.92 Å². The molecule has 1 spiro atoms. The van der Waals surface area contributed by atoms with E-state index < -0.39 is 5.60 Å². The molecule has 19 heavy (non-hydrogen) atoms. The molecule has 0 bridgehead atoms. The van der Waals surface area contributed by atoms with Crippen molar-refractivity contribution in [1.82, 2.24) is 4.90 Å². The van der Waals surface area contributed by atoms with Gasteiger partial charge in [0.05, 0.1) is 11.2 Å². The summed E-state index contributed by atoms with van der Waals surface area (Å²) in [6.45, 7) is 6.45. The number of aliphatic hydroxyl groups is 1. The standard InChI is InChI=1S/C16H29NO2/c1-2-9-17-10-7-16(18,8-11-17)14-4-12-19-15(13-14)5-3-6-15/h14,18H,2-13H2,1H3. The molecule has 0 aromatic carbocycles. The van der Waals surface area contributed by atoms with Crippen molar-refractivity contribution in [1.29, 1.82) is 0 Å². The van der Waals surface area contributed by atoms with Crippen LogP contribution in [0.1, 0.15) is 58.3 Å². The molecule has 3 aliphatic rings. The monoisotopic (exact) mass is 267 g/mol. The van der Waals surface area contributed by atoms with Crippen LogP contribution >= 0.6 is 0 Å². The van der Waals surface area contributed by atoms with Gasteiger partial charge in [-0.25, -0.2) is 0 Å². The van der Waals surface area contributed by atoms with Crippen LogP contribution in [0, 0.1) is 5.92 Å². The summed E-state index contributed by atoms with van der Waals surface area (Å²) in [5, 5.41) is 11.1. The van der Waals surface area contributed by atoms with E-state index in [-0.39, 0.29) is 5.60 Å². The summed E-state index contributed by atoms with van der Waals surface area (Å²) in [7, 11) is 0. The van der Waals surface area contributed by atoms with Gasteiger partial charge in [0.25, 0.3) is 0 Å². The van der Waals surface area contributed by atoms with Crippen molar-refractivity contribution in [3.8, 4) is 0 Å². The van der Waals surface area contributed by atoms with Gasteiger partial charge < -0.3 is 14.7 Å². The zero-order valence-corrected chi connectivity index (χ0v) is 12.4. The van der Waals surface area contributed by atoms with Gasteiger partial charge in [0, 0.05) is 19.7 Å². The summed E-state index contributed by atoms with van der Waals surface area (Å²) in [6.07, 6.45) is 9.09. The first-order valence-corrected chi connectivity index (χ1v) is 8.25. The van der Waals surface area contributed by atoms with E-state index in [0.29, 0.717) is 5.92 Å². The molecule has 0 aromatic heterocycles. The number of nitrogens with zero attached hydrogens (tertiary/aromatic N) is 1. The third kappa shape index (κ3) is 2.70. The third-order valence-corrected chi connectivity index (χ3v) is 5.78. The molecule has 1 unspecified atom stereocenters. The second kappa shape index (κ2) is 5.34. The number of rotatable bonds is 3. The minimum atomic E-state index is -0.406. The molecule has 0 amide bonds. The Morgan fingerprint density at radius 3 is 2.53 bits per heavy atom. The Morgan fingerprint density at radius 2 is 1.95 bits per heavy atom. The molecule has 1 N–H and O–H groups in total. The van der Waals surface area contributed by atoms with Gasteiger partial charge in [0.15, 0.2) is 0 Å². The van der Waals surface area contributed by atoms with Gasteiger partial charge in [-0.15, -0.1) is 0 Å². The van der Waals surface area contributed by atoms with Gasteiger partial charge >= 0.3 is 0 Å². The Kier molecular flexibility index (Phi) is 3.89. The molecule has 3 nitrogen and oxygen atoms in total. The first-order valence-electron chi connectivity index (χ1n) is 8.25. The zero-order chi connectivity index (χ0) is 13.3. The van der Waals surface area contributed by atoms with Crippen LogP contribution in [-0.2, 0) is 4.74 Å². The smallest absolute Gasteiger partial charge is 0.0702 e. The van der Waals surface area contributed by atoms with Crippen molar-refractivity contribution in [3.63, 3.8) is 0 Å². The summed E-state index contributed by atoms with van der Waals surface area (Å²) in [5.41, 5.74) is -0.240. The van der Waals surface area contributed by atoms with Crippen LogP contribution in [0.25, 0.3) is 0 Å². The van der Waals surface area contributed by atoms with Crippen molar-refractivity contribution in [2.24, 2.45) is 5.92 Å². The van der Waals surface area contributed by atoms with Crippen molar-refractivity contribution >= 4 is 0 Å². The van der Waals surface area contributed by atoms with E-state index in [4.69, 9.17) is 4.74 Å². The maximum absolute atomic E-state index is 11.1. The molecule has 1 saturated carbocycles. The molecular weight excluding hydrogens is 238 g/mol. The van der Waals surface area contributed by atoms with Crippen molar-refractivity contribution in [2.75, 3.05) is 26.2 Å². The average molecular weight is 267 g/mol. The zero-order valence-electron chi connectivity index (χ0n) is 12.4. The fourth-order valence-corrected chi connectivity index (χ4v) is 4.29. The first kappa shape index (κ1) is 13.8. The molecule has 0 radical (unpaired) electrons. The summed E-state index contributed by atoms with van der Waals surface area (Å²) in [4.78, 5) is 2.51. The number of piperidine rings is 1. The van der Waals surface area contributed by atoms with E-state index in [2.05, 4.69) is 11.8 Å². The van der Waals surface area contributed by atoms with Gasteiger partial charge in [0.2, 0.25) is 0 Å². The van der Waals surface area contributed by atoms with Crippen molar-refractivity contribution < 1.29 is 9.84 Å². The van der Waals surface area contributed by atoms with Gasteiger partial charge in [-0.05, 0) is 63.8 Å². The summed E-state index contributed by atoms with van der Waals surface area (Å²) in [6, 6.07) is 0. The second-order valence-electron chi connectivity index (χ2n) is 7.02. The molecule has 3 fully saturated rings. The number of hydrogen-bond donors (Lipinski definition) is 1. The quantitative estimate of drug-likeness (QED) is 0.853. The van der Waals surface area contributed by atoms with Gasteiger partial charge in [-0.3, -0.25) is 0 Å². The van der Waals surface area contributed by atoms with E-state index in [0.717, 1.165) is 45.4 Å². The molecule has 110 valence electrons. The normalized spacial score (nSPS) is 34.1. The van der Waals surface area contributed by atoms with E-state index in [1.165, 1.54) is 32.2 Å². The Balaban J connectivity index is 1.58. The van der Waals surface area contributed by atoms with Gasteiger partial charge in [-0.2, -0.15) is 0 Å². The topological polar surface area (TPSA) is 32.7 Å². The lowest BCUT2D eigenvalue weighted by molar-refractivity contribution is -0.183. The number of likely N-dealkylation sites (tertiary alicyclic amines) is 1. The predicted octanol–water partition coefficient (Wildman–Crippen LogP) is 2.57. The third-order valence-electron chi connectivity index (χ3n) is 5.78. The SMILES string of the molecule is CCCN1CCC(O)(C2CCOC3(CCC3)C2)CC1. The fraction of sp³-hybridized carbons (Fsp3) is 1.00. The van der Waals surface area contributed by atoms with E-state index in [1.54, 1.807) is 0 Å². The molecule has 1 atom stereocenters. The van der Waals surface area contributed by atoms with Crippen LogP contribution in [0.5, 0.6) is 0 Å². The maximum Gasteiger partial charge on any atom is 0.0702 e. The highest BCUT2D eigenvalue weighted by atomic mass is 16.5. The lowest BCUT2D eigenvalue weighted by Gasteiger charge is -2.52. The molecular formula is C16H29NO2. The number of ether oxygens (including phenoxy) is 1. The Morgan fingerprint density at radius 1 is 1.21 bits per heavy atom. The highest BCUT2D eigenvalue weighted by molar-refractivity contribution is 5.01. The van der Waals surface area contributed by atoms with Crippen LogP contribution < -0.4 is 0 Å². The van der Waals surface area contributed by atoms with Gasteiger partial charge in [0.1, 0.15) is 0 Å². The summed E-state index contributed by atoms with van der Waals surface area (Å²) < 4.78 is 6.01. The number of hydrogen-bond acceptors (Lipinski definition) is 3. The molecule has 0 aromatic rings. The Bertz CT molecular complexity index is 306. The van der Waals surface area contributed by atoms with Crippen LogP contribution in [0.2, 0.25) is 0 Å². The summed E-state index contributed by atoms with van der Waals surface area (Å²) in [5.74, 6) is 0.477. The average Bonchev–Trinajstić information content (AvgIpc) is 2.40. The molecule has 3 rings (SSSR count). The molecule has 3 heteroatoms. The van der Waals surface area contributed by atoms with Crippen LogP contribution in [0.4, 0.5) is 0 Å². The Labute approximate surface area is 117 Å². The predicted molar refractivity (Wildman–Crippen MR) is 76.2 cm³/mol. The van der Waals surface area contributed by atoms with E-state index >= 15 is 0 Å². The lowest BCUT2D eigenvalue weighted by atomic mass is 9.66. The largest absolute Gasteiger partial charge is 0.389 e. The highest BCUT2D eigenvalue weighted by Gasteiger charge is 2.49. The Hall–Kier alpha value is -0.120. The summed E-state index contributed by atoms with van der Waals surface area (Å²) >= 11 is 0. The minimum Gasteiger partial charge on any atom is -0.389 e. The molecule has 2 saturated heterocycles. The molecule has 2 aliphatic heterocycles. The molecule has 1 aliphatic carbocycles. The first-order chi connectivity index (χ1) is 9.16. The second-order valence-corrected chi connectivity index (χ2v) is 7.02. The molecule has 2 heterocycles. The van der Waals surface area contributed by atoms with E-state index in [9.17, 15) is 5.11 Å². The highest BCUT2D eigenvalue weighted by Crippen LogP contribution is 2.48. The lowest BCUT2D eigenvalue weighted by Crippen LogP contribution is -2.55. The van der Waals surface area contributed by atoms with Crippen molar-refractivity contribution in [3.05, 3.63) is 0 Å². The van der Waals surface area contributed by atoms with Crippen LogP contribution in [-0.4, -0.2) is 47.4 Å². The van der Waals surface area contributed by atoms with E-state index in [1.807, 2.05) is 0 Å².